The summed E-state index contributed by atoms with van der Waals surface area (Å²) in [6, 6.07) is -0.302. The van der Waals surface area contributed by atoms with Crippen molar-refractivity contribution >= 4 is 33.2 Å². The molecule has 0 aliphatic heterocycles. The molecule has 2 atom stereocenters. The maximum atomic E-state index is 11.5. The van der Waals surface area contributed by atoms with E-state index in [2.05, 4.69) is 10.6 Å². The molecule has 106 valence electrons. The summed E-state index contributed by atoms with van der Waals surface area (Å²) in [5.41, 5.74) is 0. The number of carbonyl (C=O) groups is 2. The van der Waals surface area contributed by atoms with Crippen LogP contribution < -0.4 is 10.6 Å². The van der Waals surface area contributed by atoms with E-state index in [1.54, 1.807) is 49.5 Å². The van der Waals surface area contributed by atoms with Gasteiger partial charge < -0.3 is 10.6 Å². The first-order chi connectivity index (χ1) is 8.26. The second kappa shape index (κ2) is 8.19. The Hall–Kier alpha value is -0.0400. The number of likely N-dealkylation sites (N-methyl/N-ethyl adjacent to an activating group) is 2. The second-order valence-corrected chi connectivity index (χ2v) is 7.75. The predicted molar refractivity (Wildman–Crippen MR) is 81.2 cm³/mol. The van der Waals surface area contributed by atoms with Crippen molar-refractivity contribution in [3.05, 3.63) is 0 Å². The molecule has 0 spiro atoms. The molecule has 0 bridgehead atoms. The van der Waals surface area contributed by atoms with E-state index >= 15 is 0 Å². The fourth-order valence-corrected chi connectivity index (χ4v) is 4.85. The Kier molecular flexibility index (Phi) is 8.18. The van der Waals surface area contributed by atoms with Crippen LogP contribution in [-0.4, -0.2) is 48.2 Å². The quantitative estimate of drug-likeness (QED) is 0.628. The van der Waals surface area contributed by atoms with Gasteiger partial charge in [0, 0.05) is 10.5 Å². The lowest BCUT2D eigenvalue weighted by molar-refractivity contribution is -0.119. The van der Waals surface area contributed by atoms with Gasteiger partial charge in [-0.15, -0.1) is 0 Å². The Bertz CT molecular complexity index is 296. The summed E-state index contributed by atoms with van der Waals surface area (Å²) in [5.74, 6) is 0.973. The first kappa shape index (κ1) is 18.0. The molecule has 0 fully saturated rings. The van der Waals surface area contributed by atoms with Crippen LogP contribution in [0.25, 0.3) is 0 Å². The molecule has 0 saturated carbocycles. The maximum Gasteiger partial charge on any atom is 0.148 e. The Balaban J connectivity index is 4.34. The number of carbonyl (C=O) groups excluding carboxylic acids is 2. The van der Waals surface area contributed by atoms with Crippen LogP contribution in [0.5, 0.6) is 0 Å². The minimum atomic E-state index is -0.208. The van der Waals surface area contributed by atoms with Gasteiger partial charge in [-0.05, 0) is 41.8 Å². The van der Waals surface area contributed by atoms with Crippen molar-refractivity contribution in [3.8, 4) is 0 Å². The van der Waals surface area contributed by atoms with Gasteiger partial charge in [0.05, 0.1) is 12.1 Å². The van der Waals surface area contributed by atoms with Gasteiger partial charge in [-0.3, -0.25) is 9.59 Å². The summed E-state index contributed by atoms with van der Waals surface area (Å²) < 4.78 is -0.208. The molecule has 0 radical (unpaired) electrons. The third-order valence-corrected chi connectivity index (χ3v) is 6.04. The van der Waals surface area contributed by atoms with Crippen LogP contribution >= 0.6 is 21.6 Å². The predicted octanol–water partition coefficient (Wildman–Crippen LogP) is 1.50. The highest BCUT2D eigenvalue weighted by molar-refractivity contribution is 8.77. The van der Waals surface area contributed by atoms with Crippen molar-refractivity contribution in [2.24, 2.45) is 0 Å². The van der Waals surface area contributed by atoms with Crippen LogP contribution in [0.1, 0.15) is 27.7 Å². The van der Waals surface area contributed by atoms with Gasteiger partial charge in [0.1, 0.15) is 11.6 Å². The maximum absolute atomic E-state index is 11.5. The molecule has 0 aromatic rings. The van der Waals surface area contributed by atoms with E-state index in [0.717, 1.165) is 0 Å². The average Bonchev–Trinajstić information content (AvgIpc) is 2.23. The van der Waals surface area contributed by atoms with E-state index in [0.29, 0.717) is 5.75 Å². The Morgan fingerprint density at radius 3 is 2.00 bits per heavy atom. The molecule has 0 heterocycles. The highest BCUT2D eigenvalue weighted by Crippen LogP contribution is 2.38. The lowest BCUT2D eigenvalue weighted by Crippen LogP contribution is -2.47. The van der Waals surface area contributed by atoms with E-state index in [4.69, 9.17) is 0 Å². The van der Waals surface area contributed by atoms with Crippen LogP contribution in [0, 0.1) is 0 Å². The highest BCUT2D eigenvalue weighted by Gasteiger charge is 2.33. The van der Waals surface area contributed by atoms with Gasteiger partial charge in [-0.25, -0.2) is 0 Å². The van der Waals surface area contributed by atoms with Gasteiger partial charge in [0.2, 0.25) is 0 Å². The van der Waals surface area contributed by atoms with Crippen LogP contribution in [0.15, 0.2) is 0 Å². The van der Waals surface area contributed by atoms with Crippen LogP contribution in [0.2, 0.25) is 0 Å². The summed E-state index contributed by atoms with van der Waals surface area (Å²) in [5, 5.41) is 6.04. The Morgan fingerprint density at radius 2 is 1.67 bits per heavy atom. The Morgan fingerprint density at radius 1 is 1.11 bits per heavy atom. The number of rotatable bonds is 9. The van der Waals surface area contributed by atoms with E-state index in [1.165, 1.54) is 0 Å². The monoisotopic (exact) mass is 292 g/mol. The van der Waals surface area contributed by atoms with Crippen molar-refractivity contribution in [1.82, 2.24) is 10.6 Å². The zero-order chi connectivity index (χ0) is 14.3. The molecule has 0 saturated heterocycles. The standard InChI is InChI=1S/C12H24N2O2S2/c1-8(15)10(13-5)7-17-18-12(3,4)11(14-6)9(2)16/h10-11,13-14H,7H2,1-6H3. The molecule has 0 aromatic heterocycles. The van der Waals surface area contributed by atoms with Crippen molar-refractivity contribution < 1.29 is 9.59 Å². The third-order valence-electron chi connectivity index (χ3n) is 2.74. The molecule has 0 aliphatic rings. The second-order valence-electron chi connectivity index (χ2n) is 4.76. The normalized spacial score (nSPS) is 15.2. The Labute approximate surface area is 118 Å². The van der Waals surface area contributed by atoms with Gasteiger partial charge >= 0.3 is 0 Å². The minimum Gasteiger partial charge on any atom is -0.310 e. The molecule has 18 heavy (non-hydrogen) atoms. The zero-order valence-corrected chi connectivity index (χ0v) is 13.6. The lowest BCUT2D eigenvalue weighted by atomic mass is 10.0. The molecule has 0 aliphatic carbocycles. The molecule has 2 N–H and O–H groups in total. The van der Waals surface area contributed by atoms with Crippen molar-refractivity contribution in [3.63, 3.8) is 0 Å². The van der Waals surface area contributed by atoms with Gasteiger partial charge in [-0.1, -0.05) is 21.6 Å². The van der Waals surface area contributed by atoms with Crippen molar-refractivity contribution in [2.45, 2.75) is 44.5 Å². The summed E-state index contributed by atoms with van der Waals surface area (Å²) in [6.07, 6.45) is 0. The zero-order valence-electron chi connectivity index (χ0n) is 12.0. The van der Waals surface area contributed by atoms with Crippen LogP contribution in [0.4, 0.5) is 0 Å². The molecule has 0 rings (SSSR count). The first-order valence-corrected chi connectivity index (χ1v) is 8.24. The van der Waals surface area contributed by atoms with E-state index in [-0.39, 0.29) is 28.4 Å². The fraction of sp³-hybridized carbons (Fsp3) is 0.833. The molecule has 0 aromatic carbocycles. The van der Waals surface area contributed by atoms with Crippen LogP contribution in [0.3, 0.4) is 0 Å². The molecule has 4 nitrogen and oxygen atoms in total. The molecular weight excluding hydrogens is 268 g/mol. The minimum absolute atomic E-state index is 0.122. The van der Waals surface area contributed by atoms with Crippen LogP contribution in [-0.2, 0) is 9.59 Å². The van der Waals surface area contributed by atoms with E-state index in [9.17, 15) is 9.59 Å². The van der Waals surface area contributed by atoms with Crippen molar-refractivity contribution in [1.29, 1.82) is 0 Å². The summed E-state index contributed by atoms with van der Waals surface area (Å²) in [7, 11) is 6.85. The lowest BCUT2D eigenvalue weighted by Gasteiger charge is -2.31. The van der Waals surface area contributed by atoms with Gasteiger partial charge in [0.25, 0.3) is 0 Å². The number of ketones is 2. The summed E-state index contributed by atoms with van der Waals surface area (Å²) in [4.78, 5) is 22.8. The highest BCUT2D eigenvalue weighted by atomic mass is 33.1. The largest absolute Gasteiger partial charge is 0.310 e. The smallest absolute Gasteiger partial charge is 0.148 e. The molecular formula is C12H24N2O2S2. The van der Waals surface area contributed by atoms with Gasteiger partial charge in [0.15, 0.2) is 0 Å². The summed E-state index contributed by atoms with van der Waals surface area (Å²) in [6.45, 7) is 7.26. The third kappa shape index (κ3) is 5.73. The topological polar surface area (TPSA) is 58.2 Å². The summed E-state index contributed by atoms with van der Waals surface area (Å²) >= 11 is 0. The fourth-order valence-electron chi connectivity index (χ4n) is 1.75. The average molecular weight is 292 g/mol. The van der Waals surface area contributed by atoms with Gasteiger partial charge in [-0.2, -0.15) is 0 Å². The number of hydrogen-bond acceptors (Lipinski definition) is 6. The molecule has 2 unspecified atom stereocenters. The number of Topliss-reactive ketones (excluding diaryl/α,β-unsaturated/α-hetero) is 2. The molecule has 6 heteroatoms. The van der Waals surface area contributed by atoms with E-state index < -0.39 is 0 Å². The first-order valence-electron chi connectivity index (χ1n) is 5.92. The molecule has 0 amide bonds. The number of nitrogens with one attached hydrogen (secondary N) is 2. The SMILES string of the molecule is CNC(CSSC(C)(C)C(NC)C(C)=O)C(C)=O. The van der Waals surface area contributed by atoms with Crippen molar-refractivity contribution in [2.75, 3.05) is 19.8 Å². The number of hydrogen-bond donors (Lipinski definition) is 2. The van der Waals surface area contributed by atoms with E-state index in [1.807, 2.05) is 13.8 Å².